The van der Waals surface area contributed by atoms with E-state index in [1.54, 1.807) is 42.8 Å². The fraction of sp³-hybridized carbons (Fsp3) is 0.0952. The van der Waals surface area contributed by atoms with Gasteiger partial charge in [-0.2, -0.15) is 5.10 Å². The summed E-state index contributed by atoms with van der Waals surface area (Å²) in [4.78, 5) is 54.4. The number of pyridine rings is 2. The summed E-state index contributed by atoms with van der Waals surface area (Å²) in [6, 6.07) is 37.9. The van der Waals surface area contributed by atoms with Gasteiger partial charge in [-0.1, -0.05) is 66.7 Å². The Bertz CT molecular complexity index is 2850. The van der Waals surface area contributed by atoms with Crippen molar-refractivity contribution >= 4 is 45.0 Å². The van der Waals surface area contributed by atoms with E-state index in [1.165, 1.54) is 29.1 Å². The molecule has 0 bridgehead atoms. The highest BCUT2D eigenvalue weighted by molar-refractivity contribution is 5.92. The Morgan fingerprint density at radius 2 is 1.34 bits per heavy atom. The third kappa shape index (κ3) is 7.97. The summed E-state index contributed by atoms with van der Waals surface area (Å²) >= 11 is 0. The normalized spacial score (nSPS) is 10.8. The minimum Gasteiger partial charge on any atom is -0.461 e. The van der Waals surface area contributed by atoms with E-state index in [0.717, 1.165) is 32.7 Å². The molecule has 288 valence electrons. The second-order valence-electron chi connectivity index (χ2n) is 12.5. The first-order valence-corrected chi connectivity index (χ1v) is 17.9. The molecule has 0 aliphatic rings. The molecule has 0 atom stereocenters. The number of nitro groups is 2. The highest BCUT2D eigenvalue weighted by Crippen LogP contribution is 2.29. The summed E-state index contributed by atoms with van der Waals surface area (Å²) in [6.45, 7) is 3.81. The van der Waals surface area contributed by atoms with Crippen molar-refractivity contribution in [2.75, 3.05) is 13.2 Å². The summed E-state index contributed by atoms with van der Waals surface area (Å²) in [5.41, 5.74) is 2.74. The third-order valence-corrected chi connectivity index (χ3v) is 8.83. The van der Waals surface area contributed by atoms with Crippen molar-refractivity contribution in [3.8, 4) is 34.2 Å². The van der Waals surface area contributed by atoms with E-state index in [0.29, 0.717) is 11.4 Å². The molecule has 0 spiro atoms. The molecule has 58 heavy (non-hydrogen) atoms. The second kappa shape index (κ2) is 16.7. The standard InChI is InChI=1S/2C21H16N4O4/c1-2-29-21(26)19-13-17(16-10-9-14-6-3-4-7-15(14)12-16)23-24(19)20-18(25(27)28)8-5-11-22-20;1-2-29-21(26)17-13-18(16-11-10-14-6-3-4-7-15(14)12-16)24(23-17)19-8-5-9-20(22-19)25(27)28/h2*3-13H,2H2,1H3/p+1. The average molecular weight is 778 g/mol. The number of ether oxygens (including phenoxy) is 2. The Kier molecular flexibility index (Phi) is 11.0. The van der Waals surface area contributed by atoms with Crippen molar-refractivity contribution in [1.82, 2.24) is 24.8 Å². The maximum absolute atomic E-state index is 12.5. The van der Waals surface area contributed by atoms with Crippen LogP contribution in [0.15, 0.2) is 134 Å². The summed E-state index contributed by atoms with van der Waals surface area (Å²) in [5.74, 6) is -1.19. The predicted molar refractivity (Wildman–Crippen MR) is 213 cm³/mol. The molecule has 8 aromatic rings. The first-order valence-electron chi connectivity index (χ1n) is 17.9. The van der Waals surface area contributed by atoms with Crippen LogP contribution in [0.2, 0.25) is 0 Å². The molecule has 4 aromatic carbocycles. The zero-order chi connectivity index (χ0) is 40.8. The van der Waals surface area contributed by atoms with Gasteiger partial charge in [-0.15, -0.1) is 4.68 Å². The maximum atomic E-state index is 12.5. The SMILES string of the molecule is CCOC(=O)c1cc(-c2ccc3ccccc3c2)[n+](-c2cccc([N+](=O)[O-])n2)[nH]1.CCOC(=O)c1cc(-c2ccc3ccccc3c2)nn1-c1ncccc1[N+](=O)[O-]. The van der Waals surface area contributed by atoms with Crippen LogP contribution in [0.25, 0.3) is 55.7 Å². The van der Waals surface area contributed by atoms with Gasteiger partial charge in [0.2, 0.25) is 5.82 Å². The molecule has 0 amide bonds. The van der Waals surface area contributed by atoms with E-state index in [1.807, 2.05) is 84.9 Å². The molecule has 1 N–H and O–H groups in total. The number of nitrogens with one attached hydrogen (secondary N) is 1. The topological polar surface area (TPSA) is 202 Å². The van der Waals surface area contributed by atoms with Crippen molar-refractivity contribution < 1.29 is 33.6 Å². The van der Waals surface area contributed by atoms with Crippen LogP contribution < -0.4 is 4.68 Å². The van der Waals surface area contributed by atoms with Crippen molar-refractivity contribution in [2.24, 2.45) is 0 Å². The van der Waals surface area contributed by atoms with Crippen LogP contribution in [0.3, 0.4) is 0 Å². The van der Waals surface area contributed by atoms with Gasteiger partial charge in [0.05, 0.1) is 23.8 Å². The zero-order valence-electron chi connectivity index (χ0n) is 31.0. The molecular weight excluding hydrogens is 745 g/mol. The van der Waals surface area contributed by atoms with Crippen LogP contribution in [0.4, 0.5) is 11.5 Å². The number of carbonyl (C=O) groups excluding carboxylic acids is 2. The molecule has 8 rings (SSSR count). The van der Waals surface area contributed by atoms with Gasteiger partial charge < -0.3 is 19.6 Å². The molecule has 4 heterocycles. The predicted octanol–water partition coefficient (Wildman–Crippen LogP) is 7.76. The molecule has 0 saturated heterocycles. The highest BCUT2D eigenvalue weighted by Gasteiger charge is 2.26. The molecule has 16 nitrogen and oxygen atoms in total. The fourth-order valence-corrected chi connectivity index (χ4v) is 6.18. The largest absolute Gasteiger partial charge is 0.461 e. The number of fused-ring (bicyclic) bond motifs is 2. The van der Waals surface area contributed by atoms with Crippen LogP contribution in [0.5, 0.6) is 0 Å². The summed E-state index contributed by atoms with van der Waals surface area (Å²) in [6.07, 6.45) is 1.41. The minimum absolute atomic E-state index is 0.0485. The van der Waals surface area contributed by atoms with Crippen LogP contribution in [0.1, 0.15) is 34.8 Å². The van der Waals surface area contributed by atoms with Gasteiger partial charge in [-0.3, -0.25) is 10.1 Å². The average Bonchev–Trinajstić information content (AvgIpc) is 3.90. The Labute approximate surface area is 329 Å². The van der Waals surface area contributed by atoms with Crippen molar-refractivity contribution in [1.29, 1.82) is 0 Å². The van der Waals surface area contributed by atoms with E-state index in [9.17, 15) is 29.8 Å². The molecule has 4 aromatic heterocycles. The van der Waals surface area contributed by atoms with Gasteiger partial charge >= 0.3 is 29.3 Å². The van der Waals surface area contributed by atoms with Gasteiger partial charge in [0.25, 0.3) is 0 Å². The Morgan fingerprint density at radius 3 is 2.00 bits per heavy atom. The van der Waals surface area contributed by atoms with E-state index in [-0.39, 0.29) is 47.7 Å². The van der Waals surface area contributed by atoms with E-state index in [2.05, 4.69) is 20.2 Å². The summed E-state index contributed by atoms with van der Waals surface area (Å²) in [7, 11) is 0. The smallest absolute Gasteiger partial charge is 0.368 e. The Balaban J connectivity index is 0.000000177. The van der Waals surface area contributed by atoms with Crippen LogP contribution in [-0.2, 0) is 9.47 Å². The molecule has 0 aliphatic carbocycles. The number of nitrogens with zero attached hydrogens (tertiary/aromatic N) is 7. The summed E-state index contributed by atoms with van der Waals surface area (Å²) < 4.78 is 12.9. The number of H-pyrrole nitrogens is 1. The lowest BCUT2D eigenvalue weighted by Gasteiger charge is -2.06. The van der Waals surface area contributed by atoms with Crippen LogP contribution in [-0.4, -0.2) is 59.8 Å². The lowest BCUT2D eigenvalue weighted by molar-refractivity contribution is -0.648. The Hall–Kier alpha value is -8.14. The molecule has 16 heteroatoms. The first kappa shape index (κ1) is 38.1. The highest BCUT2D eigenvalue weighted by atomic mass is 16.6. The molecule has 0 saturated carbocycles. The second-order valence-corrected chi connectivity index (χ2v) is 12.5. The van der Waals surface area contributed by atoms with Crippen molar-refractivity contribution in [3.05, 3.63) is 165 Å². The van der Waals surface area contributed by atoms with Gasteiger partial charge in [-0.05, 0) is 76.7 Å². The van der Waals surface area contributed by atoms with Gasteiger partial charge in [0, 0.05) is 46.6 Å². The fourth-order valence-electron chi connectivity index (χ4n) is 6.18. The quantitative estimate of drug-likeness (QED) is 0.0615. The number of hydrogen-bond donors (Lipinski definition) is 1. The number of hydrogen-bond acceptors (Lipinski definition) is 11. The number of aromatic nitrogens is 6. The van der Waals surface area contributed by atoms with Crippen LogP contribution in [0, 0.1) is 20.2 Å². The molecular formula is C42H33N8O8+. The van der Waals surface area contributed by atoms with Crippen molar-refractivity contribution in [3.63, 3.8) is 0 Å². The lowest BCUT2D eigenvalue weighted by Crippen LogP contribution is -2.36. The van der Waals surface area contributed by atoms with E-state index in [4.69, 9.17) is 9.47 Å². The maximum Gasteiger partial charge on any atom is 0.368 e. The number of rotatable bonds is 10. The summed E-state index contributed by atoms with van der Waals surface area (Å²) in [5, 5.41) is 34.2. The third-order valence-electron chi connectivity index (χ3n) is 8.83. The molecule has 0 aliphatic heterocycles. The monoisotopic (exact) mass is 777 g/mol. The van der Waals surface area contributed by atoms with E-state index < -0.39 is 21.8 Å². The molecule has 0 radical (unpaired) electrons. The molecule has 0 unspecified atom stereocenters. The zero-order valence-corrected chi connectivity index (χ0v) is 31.0. The van der Waals surface area contributed by atoms with Gasteiger partial charge in [-0.25, -0.2) is 24.4 Å². The van der Waals surface area contributed by atoms with Crippen molar-refractivity contribution in [2.45, 2.75) is 13.8 Å². The number of esters is 2. The van der Waals surface area contributed by atoms with E-state index >= 15 is 0 Å². The number of benzene rings is 4. The minimum atomic E-state index is -0.632. The van der Waals surface area contributed by atoms with Gasteiger partial charge in [0.15, 0.2) is 17.1 Å². The van der Waals surface area contributed by atoms with Crippen LogP contribution >= 0.6 is 0 Å². The van der Waals surface area contributed by atoms with Gasteiger partial charge in [0.1, 0.15) is 0 Å². The number of aromatic amines is 1. The Morgan fingerprint density at radius 1 is 0.707 bits per heavy atom. The number of carbonyl (C=O) groups is 2. The lowest BCUT2D eigenvalue weighted by atomic mass is 10.0. The first-order chi connectivity index (χ1) is 28.1. The molecule has 0 fully saturated rings.